The summed E-state index contributed by atoms with van der Waals surface area (Å²) in [6.07, 6.45) is 0. The maximum atomic E-state index is 13.7. The van der Waals surface area contributed by atoms with Gasteiger partial charge in [-0.25, -0.2) is 0 Å². The summed E-state index contributed by atoms with van der Waals surface area (Å²) < 4.78 is 5.22. The van der Waals surface area contributed by atoms with Gasteiger partial charge in [0.2, 0.25) is 11.8 Å². The molecule has 2 amide bonds. The van der Waals surface area contributed by atoms with E-state index in [1.165, 1.54) is 18.2 Å². The molecule has 1 saturated heterocycles. The highest BCUT2D eigenvalue weighted by atomic mass is 35.5. The molecule has 10 heteroatoms. The number of nitro benzene ring substituents is 1. The zero-order chi connectivity index (χ0) is 26.1. The number of benzene rings is 3. The molecule has 0 spiro atoms. The highest BCUT2D eigenvalue weighted by molar-refractivity contribution is 6.36. The van der Waals surface area contributed by atoms with Crippen LogP contribution in [0.2, 0.25) is 0 Å². The zero-order valence-corrected chi connectivity index (χ0v) is 20.6. The topological polar surface area (TPSA) is 107 Å². The molecule has 1 fully saturated rings. The van der Waals surface area contributed by atoms with E-state index < -0.39 is 50.8 Å². The number of carbonyl (C=O) groups excluding carboxylic acids is 3. The Kier molecular flexibility index (Phi) is 5.19. The number of para-hydroxylation sites is 1. The minimum atomic E-state index is -1.34. The number of amides is 2. The summed E-state index contributed by atoms with van der Waals surface area (Å²) in [6, 6.07) is 20.3. The zero-order valence-electron chi connectivity index (χ0n) is 19.1. The van der Waals surface area contributed by atoms with E-state index in [2.05, 4.69) is 0 Å². The van der Waals surface area contributed by atoms with Crippen molar-refractivity contribution >= 4 is 46.7 Å². The van der Waals surface area contributed by atoms with E-state index in [4.69, 9.17) is 27.9 Å². The van der Waals surface area contributed by atoms with Gasteiger partial charge in [-0.15, -0.1) is 23.2 Å². The molecular weight excluding hydrogens is 519 g/mol. The molecule has 0 radical (unpaired) electrons. The first-order chi connectivity index (χ1) is 17.7. The predicted molar refractivity (Wildman–Crippen MR) is 133 cm³/mol. The second-order valence-electron chi connectivity index (χ2n) is 9.28. The van der Waals surface area contributed by atoms with Gasteiger partial charge < -0.3 is 4.74 Å². The van der Waals surface area contributed by atoms with Crippen LogP contribution in [0.15, 0.2) is 72.8 Å². The van der Waals surface area contributed by atoms with Gasteiger partial charge in [-0.05, 0) is 28.3 Å². The second-order valence-corrected chi connectivity index (χ2v) is 10.5. The molecule has 37 heavy (non-hydrogen) atoms. The van der Waals surface area contributed by atoms with E-state index in [1.54, 1.807) is 30.3 Å². The molecule has 0 aromatic heterocycles. The van der Waals surface area contributed by atoms with Crippen LogP contribution >= 0.6 is 23.2 Å². The molecule has 3 aliphatic carbocycles. The number of esters is 1. The molecule has 8 nitrogen and oxygen atoms in total. The van der Waals surface area contributed by atoms with Crippen molar-refractivity contribution < 1.29 is 24.0 Å². The summed E-state index contributed by atoms with van der Waals surface area (Å²) in [5.41, 5.74) is 2.64. The van der Waals surface area contributed by atoms with Crippen molar-refractivity contribution in [3.8, 4) is 0 Å². The first-order valence-electron chi connectivity index (χ1n) is 11.5. The van der Waals surface area contributed by atoms with E-state index >= 15 is 0 Å². The normalized spacial score (nSPS) is 26.9. The second kappa shape index (κ2) is 8.13. The van der Waals surface area contributed by atoms with Gasteiger partial charge in [0.15, 0.2) is 0 Å². The third-order valence-electron chi connectivity index (χ3n) is 7.54. The Labute approximate surface area is 220 Å². The number of hydrogen-bond acceptors (Lipinski definition) is 6. The van der Waals surface area contributed by atoms with E-state index in [0.717, 1.165) is 4.90 Å². The lowest BCUT2D eigenvalue weighted by molar-refractivity contribution is -0.385. The van der Waals surface area contributed by atoms with Crippen molar-refractivity contribution in [2.45, 2.75) is 16.4 Å². The van der Waals surface area contributed by atoms with Gasteiger partial charge in [0.25, 0.3) is 5.69 Å². The number of nitrogens with zero attached hydrogens (tertiary/aromatic N) is 2. The highest BCUT2D eigenvalue weighted by Gasteiger charge is 2.73. The molecule has 2 bridgehead atoms. The summed E-state index contributed by atoms with van der Waals surface area (Å²) in [6.45, 7) is -1.03. The minimum absolute atomic E-state index is 0.192. The molecule has 0 N–H and O–H groups in total. The molecular formula is C27H18Cl2N2O6. The van der Waals surface area contributed by atoms with Gasteiger partial charge in [-0.3, -0.25) is 29.4 Å². The van der Waals surface area contributed by atoms with Gasteiger partial charge >= 0.3 is 5.97 Å². The van der Waals surface area contributed by atoms with Crippen LogP contribution in [0.25, 0.3) is 0 Å². The average molecular weight is 537 g/mol. The van der Waals surface area contributed by atoms with Crippen molar-refractivity contribution in [3.05, 3.63) is 111 Å². The fourth-order valence-electron chi connectivity index (χ4n) is 6.02. The quantitative estimate of drug-likeness (QED) is 0.159. The van der Waals surface area contributed by atoms with Crippen molar-refractivity contribution in [2.75, 3.05) is 6.54 Å². The number of likely N-dealkylation sites (tertiary alicyclic amines) is 1. The van der Waals surface area contributed by atoms with Gasteiger partial charge in [-0.2, -0.15) is 0 Å². The fourth-order valence-corrected chi connectivity index (χ4v) is 7.12. The van der Waals surface area contributed by atoms with E-state index in [9.17, 15) is 24.5 Å². The predicted octanol–water partition coefficient (Wildman–Crippen LogP) is 4.23. The van der Waals surface area contributed by atoms with Crippen molar-refractivity contribution in [1.29, 1.82) is 0 Å². The Morgan fingerprint density at radius 2 is 1.27 bits per heavy atom. The Balaban J connectivity index is 1.33. The van der Waals surface area contributed by atoms with Gasteiger partial charge in [0, 0.05) is 6.07 Å². The third-order valence-corrected chi connectivity index (χ3v) is 8.83. The Hall–Kier alpha value is -3.75. The van der Waals surface area contributed by atoms with Crippen LogP contribution < -0.4 is 0 Å². The first kappa shape index (κ1) is 23.6. The van der Waals surface area contributed by atoms with Crippen molar-refractivity contribution in [2.24, 2.45) is 11.8 Å². The Morgan fingerprint density at radius 3 is 1.73 bits per heavy atom. The molecule has 4 aliphatic rings. The molecule has 186 valence electrons. The van der Waals surface area contributed by atoms with Gasteiger partial charge in [0.1, 0.15) is 22.9 Å². The Morgan fingerprint density at radius 1 is 0.838 bits per heavy atom. The number of halogens is 2. The fraction of sp³-hybridized carbons (Fsp3) is 0.222. The standard InChI is InChI=1S/C27H18Cl2N2O6/c28-26-16-8-2-3-9-17(16)27(29,19-11-5-4-10-18(19)26)23-22(26)24(33)30(25(23)34)13-21(32)37-14-15-7-1-6-12-20(15)31(35)36/h1-12,22-23H,13-14H2/t22-,23+,26?,27?. The number of alkyl halides is 2. The molecule has 1 aliphatic heterocycles. The minimum Gasteiger partial charge on any atom is -0.459 e. The molecule has 3 aromatic carbocycles. The maximum absolute atomic E-state index is 13.7. The number of nitro groups is 1. The average Bonchev–Trinajstić information content (AvgIpc) is 3.16. The highest BCUT2D eigenvalue weighted by Crippen LogP contribution is 2.69. The van der Waals surface area contributed by atoms with E-state index in [-0.39, 0.29) is 17.9 Å². The SMILES string of the molecule is O=C(CN1C(=O)[C@@H]2[C@H](C1=O)C1(Cl)c3ccccc3C2(Cl)c2ccccc21)OCc1ccccc1[N+](=O)[O-]. The summed E-state index contributed by atoms with van der Waals surface area (Å²) in [7, 11) is 0. The van der Waals surface area contributed by atoms with Crippen LogP contribution in [-0.4, -0.2) is 34.2 Å². The van der Waals surface area contributed by atoms with Crippen LogP contribution in [0.3, 0.4) is 0 Å². The van der Waals surface area contributed by atoms with Crippen LogP contribution in [0.4, 0.5) is 5.69 Å². The number of ether oxygens (including phenoxy) is 1. The van der Waals surface area contributed by atoms with Gasteiger partial charge in [-0.1, -0.05) is 60.7 Å². The number of carbonyl (C=O) groups is 3. The first-order valence-corrected chi connectivity index (χ1v) is 12.3. The molecule has 3 aromatic rings. The summed E-state index contributed by atoms with van der Waals surface area (Å²) in [5, 5.41) is 11.2. The molecule has 7 rings (SSSR count). The lowest BCUT2D eigenvalue weighted by Gasteiger charge is -2.54. The van der Waals surface area contributed by atoms with Crippen LogP contribution in [0.5, 0.6) is 0 Å². The molecule has 2 atom stereocenters. The lowest BCUT2D eigenvalue weighted by atomic mass is 9.54. The monoisotopic (exact) mass is 536 g/mol. The lowest BCUT2D eigenvalue weighted by Crippen LogP contribution is -2.57. The largest absolute Gasteiger partial charge is 0.459 e. The number of hydrogen-bond donors (Lipinski definition) is 0. The van der Waals surface area contributed by atoms with Crippen LogP contribution in [0.1, 0.15) is 27.8 Å². The number of rotatable bonds is 5. The van der Waals surface area contributed by atoms with Crippen molar-refractivity contribution in [1.82, 2.24) is 4.90 Å². The van der Waals surface area contributed by atoms with E-state index in [0.29, 0.717) is 22.3 Å². The third kappa shape index (κ3) is 3.06. The molecule has 0 unspecified atom stereocenters. The molecule has 1 heterocycles. The Bertz CT molecular complexity index is 1400. The smallest absolute Gasteiger partial charge is 0.326 e. The number of imide groups is 1. The van der Waals surface area contributed by atoms with Crippen LogP contribution in [-0.2, 0) is 35.5 Å². The van der Waals surface area contributed by atoms with Crippen molar-refractivity contribution in [3.63, 3.8) is 0 Å². The summed E-state index contributed by atoms with van der Waals surface area (Å²) in [4.78, 5) is 49.0. The van der Waals surface area contributed by atoms with Crippen LogP contribution in [0, 0.1) is 22.0 Å². The summed E-state index contributed by atoms with van der Waals surface area (Å²) >= 11 is 14.7. The van der Waals surface area contributed by atoms with E-state index in [1.807, 2.05) is 24.3 Å². The molecule has 0 saturated carbocycles. The maximum Gasteiger partial charge on any atom is 0.326 e. The summed E-state index contributed by atoms with van der Waals surface area (Å²) in [5.74, 6) is -4.14. The van der Waals surface area contributed by atoms with Gasteiger partial charge in [0.05, 0.1) is 22.3 Å².